The van der Waals surface area contributed by atoms with Crippen LogP contribution in [-0.2, 0) is 0 Å². The van der Waals surface area contributed by atoms with Crippen molar-refractivity contribution in [1.82, 2.24) is 0 Å². The van der Waals surface area contributed by atoms with Gasteiger partial charge < -0.3 is 15.3 Å². The summed E-state index contributed by atoms with van der Waals surface area (Å²) in [6.07, 6.45) is 11.9. The normalized spacial score (nSPS) is 42.8. The standard InChI is InChI=1S/C29H48O3/c1-7-21(17(2)3)27(32)26(31)18(4)23-10-11-24-22-9-8-19-16-20(30)12-14-28(19,5)25(22)13-15-29(23,24)6/h8-9,17-18,20-21,23-27,30-32H,7,10-16H2,1-6H3/t18-,20-,21-,23+,24-,25-,26+,27+,28-,29+/m0/s1. The number of allylic oxidation sites excluding steroid dienone is 3. The van der Waals surface area contributed by atoms with Gasteiger partial charge in [-0.3, -0.25) is 0 Å². The third kappa shape index (κ3) is 3.75. The SMILES string of the molecule is CC[C@@H](C(C)C)[C@@H](O)[C@H](O)[C@@H](C)[C@H]1CC[C@H]2C3=CC=C4C[C@@H](O)CC[C@]4(C)[C@H]3CC[C@]12C. The van der Waals surface area contributed by atoms with Gasteiger partial charge in [-0.1, -0.05) is 71.3 Å². The predicted octanol–water partition coefficient (Wildman–Crippen LogP) is 5.89. The maximum atomic E-state index is 11.3. The Morgan fingerprint density at radius 1 is 0.938 bits per heavy atom. The van der Waals surface area contributed by atoms with Crippen LogP contribution < -0.4 is 0 Å². The Morgan fingerprint density at radius 2 is 1.66 bits per heavy atom. The Balaban J connectivity index is 1.56. The van der Waals surface area contributed by atoms with E-state index in [4.69, 9.17) is 0 Å². The fourth-order valence-electron chi connectivity index (χ4n) is 8.80. The van der Waals surface area contributed by atoms with Gasteiger partial charge in [-0.15, -0.1) is 0 Å². The van der Waals surface area contributed by atoms with E-state index in [0.29, 0.717) is 23.7 Å². The summed E-state index contributed by atoms with van der Waals surface area (Å²) in [7, 11) is 0. The van der Waals surface area contributed by atoms with Crippen LogP contribution in [0.1, 0.15) is 92.9 Å². The average Bonchev–Trinajstić information content (AvgIpc) is 3.10. The molecule has 0 saturated heterocycles. The van der Waals surface area contributed by atoms with Crippen LogP contribution in [0.25, 0.3) is 0 Å². The molecule has 10 atom stereocenters. The van der Waals surface area contributed by atoms with Crippen molar-refractivity contribution in [2.24, 2.45) is 46.3 Å². The number of fused-ring (bicyclic) bond motifs is 5. The molecule has 0 aromatic heterocycles. The van der Waals surface area contributed by atoms with E-state index in [1.54, 1.807) is 5.57 Å². The lowest BCUT2D eigenvalue weighted by Crippen LogP contribution is -2.49. The van der Waals surface area contributed by atoms with Crippen LogP contribution in [0, 0.1) is 46.3 Å². The van der Waals surface area contributed by atoms with Crippen molar-refractivity contribution in [2.75, 3.05) is 0 Å². The van der Waals surface area contributed by atoms with E-state index in [-0.39, 0.29) is 28.8 Å². The molecule has 3 heteroatoms. The van der Waals surface area contributed by atoms with Gasteiger partial charge in [0.15, 0.2) is 0 Å². The molecule has 0 unspecified atom stereocenters. The van der Waals surface area contributed by atoms with Gasteiger partial charge in [0, 0.05) is 0 Å². The zero-order chi connectivity index (χ0) is 23.4. The summed E-state index contributed by atoms with van der Waals surface area (Å²) in [4.78, 5) is 0. The molecule has 3 N–H and O–H groups in total. The summed E-state index contributed by atoms with van der Waals surface area (Å²) in [6, 6.07) is 0. The number of aliphatic hydroxyl groups is 3. The smallest absolute Gasteiger partial charge is 0.0832 e. The molecule has 0 spiro atoms. The average molecular weight is 445 g/mol. The summed E-state index contributed by atoms with van der Waals surface area (Å²) in [5.41, 5.74) is 3.54. The van der Waals surface area contributed by atoms with Crippen molar-refractivity contribution in [1.29, 1.82) is 0 Å². The van der Waals surface area contributed by atoms with Gasteiger partial charge in [-0.2, -0.15) is 0 Å². The maximum Gasteiger partial charge on any atom is 0.0832 e. The summed E-state index contributed by atoms with van der Waals surface area (Å²) in [5, 5.41) is 32.5. The summed E-state index contributed by atoms with van der Waals surface area (Å²) in [5.74, 6) is 2.30. The van der Waals surface area contributed by atoms with E-state index in [9.17, 15) is 15.3 Å². The van der Waals surface area contributed by atoms with E-state index < -0.39 is 12.2 Å². The number of hydrogen-bond acceptors (Lipinski definition) is 3. The maximum absolute atomic E-state index is 11.3. The molecule has 0 aromatic rings. The monoisotopic (exact) mass is 444 g/mol. The molecule has 4 aliphatic rings. The lowest BCUT2D eigenvalue weighted by Gasteiger charge is -2.55. The Morgan fingerprint density at radius 3 is 2.31 bits per heavy atom. The quantitative estimate of drug-likeness (QED) is 0.479. The van der Waals surface area contributed by atoms with Crippen LogP contribution in [0.15, 0.2) is 23.3 Å². The fourth-order valence-corrected chi connectivity index (χ4v) is 8.80. The largest absolute Gasteiger partial charge is 0.393 e. The number of rotatable bonds is 6. The van der Waals surface area contributed by atoms with Crippen molar-refractivity contribution in [2.45, 2.75) is 111 Å². The van der Waals surface area contributed by atoms with Gasteiger partial charge in [0.25, 0.3) is 0 Å². The zero-order valence-corrected chi connectivity index (χ0v) is 21.3. The highest BCUT2D eigenvalue weighted by Gasteiger charge is 2.57. The molecule has 3 nitrogen and oxygen atoms in total. The van der Waals surface area contributed by atoms with Crippen LogP contribution in [0.5, 0.6) is 0 Å². The highest BCUT2D eigenvalue weighted by atomic mass is 16.3. The van der Waals surface area contributed by atoms with Crippen molar-refractivity contribution in [3.8, 4) is 0 Å². The molecule has 0 aromatic carbocycles. The second kappa shape index (κ2) is 8.86. The van der Waals surface area contributed by atoms with E-state index in [1.807, 2.05) is 0 Å². The Kier molecular flexibility index (Phi) is 6.78. The summed E-state index contributed by atoms with van der Waals surface area (Å²) >= 11 is 0. The van der Waals surface area contributed by atoms with E-state index >= 15 is 0 Å². The Hall–Kier alpha value is -0.640. The van der Waals surface area contributed by atoms with E-state index in [2.05, 4.69) is 53.7 Å². The third-order valence-electron chi connectivity index (χ3n) is 10.9. The molecule has 4 aliphatic carbocycles. The lowest BCUT2D eigenvalue weighted by molar-refractivity contribution is -0.0832. The van der Waals surface area contributed by atoms with E-state index in [0.717, 1.165) is 32.1 Å². The van der Waals surface area contributed by atoms with Crippen LogP contribution in [0.4, 0.5) is 0 Å². The first kappa shape index (κ1) is 24.5. The first-order valence-corrected chi connectivity index (χ1v) is 13.5. The van der Waals surface area contributed by atoms with Gasteiger partial charge in [0.2, 0.25) is 0 Å². The van der Waals surface area contributed by atoms with Crippen molar-refractivity contribution < 1.29 is 15.3 Å². The van der Waals surface area contributed by atoms with Crippen LogP contribution in [0.3, 0.4) is 0 Å². The molecule has 0 bridgehead atoms. The Bertz CT molecular complexity index is 754. The van der Waals surface area contributed by atoms with Crippen molar-refractivity contribution >= 4 is 0 Å². The van der Waals surface area contributed by atoms with Gasteiger partial charge in [-0.05, 0) is 91.3 Å². The van der Waals surface area contributed by atoms with Gasteiger partial charge >= 0.3 is 0 Å². The molecule has 0 aliphatic heterocycles. The van der Waals surface area contributed by atoms with Gasteiger partial charge in [-0.25, -0.2) is 0 Å². The zero-order valence-electron chi connectivity index (χ0n) is 21.3. The van der Waals surface area contributed by atoms with Crippen molar-refractivity contribution in [3.05, 3.63) is 23.3 Å². The van der Waals surface area contributed by atoms with Crippen LogP contribution in [0.2, 0.25) is 0 Å². The number of aliphatic hydroxyl groups excluding tert-OH is 3. The first-order valence-electron chi connectivity index (χ1n) is 13.5. The van der Waals surface area contributed by atoms with E-state index in [1.165, 1.54) is 24.8 Å². The van der Waals surface area contributed by atoms with Gasteiger partial charge in [0.05, 0.1) is 18.3 Å². The topological polar surface area (TPSA) is 60.7 Å². The molecule has 4 rings (SSSR count). The minimum Gasteiger partial charge on any atom is -0.393 e. The fraction of sp³-hybridized carbons (Fsp3) is 0.862. The van der Waals surface area contributed by atoms with Gasteiger partial charge in [0.1, 0.15) is 0 Å². The highest BCUT2D eigenvalue weighted by Crippen LogP contribution is 2.66. The van der Waals surface area contributed by atoms with Crippen molar-refractivity contribution in [3.63, 3.8) is 0 Å². The molecule has 32 heavy (non-hydrogen) atoms. The van der Waals surface area contributed by atoms with Crippen LogP contribution in [-0.4, -0.2) is 33.6 Å². The second-order valence-corrected chi connectivity index (χ2v) is 12.7. The summed E-state index contributed by atoms with van der Waals surface area (Å²) < 4.78 is 0. The molecule has 0 amide bonds. The third-order valence-corrected chi connectivity index (χ3v) is 10.9. The molecular weight excluding hydrogens is 396 g/mol. The van der Waals surface area contributed by atoms with Crippen LogP contribution >= 0.6 is 0 Å². The molecule has 3 saturated carbocycles. The molecular formula is C29H48O3. The highest BCUT2D eigenvalue weighted by molar-refractivity contribution is 5.38. The second-order valence-electron chi connectivity index (χ2n) is 12.7. The number of hydrogen-bond donors (Lipinski definition) is 3. The summed E-state index contributed by atoms with van der Waals surface area (Å²) in [6.45, 7) is 13.6. The molecule has 0 heterocycles. The first-order chi connectivity index (χ1) is 15.0. The lowest BCUT2D eigenvalue weighted by atomic mass is 9.50. The minimum atomic E-state index is -0.648. The minimum absolute atomic E-state index is 0.111. The predicted molar refractivity (Wildman–Crippen MR) is 131 cm³/mol. The Labute approximate surface area is 196 Å². The molecule has 0 radical (unpaired) electrons. The molecule has 3 fully saturated rings. The molecule has 182 valence electrons.